The first-order chi connectivity index (χ1) is 8.85. The molecule has 1 aliphatic rings. The molecule has 1 aromatic rings. The lowest BCUT2D eigenvalue weighted by atomic mass is 9.79. The third-order valence-electron chi connectivity index (χ3n) is 3.70. The second-order valence-corrected chi connectivity index (χ2v) is 6.65. The van der Waals surface area contributed by atoms with Gasteiger partial charge in [-0.25, -0.2) is 4.79 Å². The molecule has 2 rings (SSSR count). The van der Waals surface area contributed by atoms with Crippen LogP contribution in [0.1, 0.15) is 43.1 Å². The van der Waals surface area contributed by atoms with Crippen LogP contribution in [0, 0.1) is 11.3 Å². The highest BCUT2D eigenvalue weighted by molar-refractivity contribution is 5.87. The van der Waals surface area contributed by atoms with Crippen molar-refractivity contribution in [1.82, 2.24) is 4.90 Å². The summed E-state index contributed by atoms with van der Waals surface area (Å²) in [4.78, 5) is 13.4. The zero-order valence-electron chi connectivity index (χ0n) is 12.0. The molecule has 1 heterocycles. The number of carboxylic acids is 1. The number of carbonyl (C=O) groups is 1. The van der Waals surface area contributed by atoms with E-state index < -0.39 is 5.97 Å². The monoisotopic (exact) mass is 261 g/mol. The number of piperidine rings is 1. The average molecular weight is 261 g/mol. The van der Waals surface area contributed by atoms with Crippen molar-refractivity contribution < 1.29 is 9.90 Å². The Kier molecular flexibility index (Phi) is 3.95. The standard InChI is InChI=1S/C16H23NO2/c1-12-8-16(2,3)11-17(9-12)10-13-5-4-6-14(7-13)15(18)19/h4-7,12H,8-11H2,1-3H3,(H,18,19). The summed E-state index contributed by atoms with van der Waals surface area (Å²) in [5.41, 5.74) is 1.81. The fourth-order valence-electron chi connectivity index (χ4n) is 3.36. The van der Waals surface area contributed by atoms with Crippen LogP contribution in [-0.4, -0.2) is 29.1 Å². The summed E-state index contributed by atoms with van der Waals surface area (Å²) in [7, 11) is 0. The van der Waals surface area contributed by atoms with E-state index in [0.29, 0.717) is 16.9 Å². The number of benzene rings is 1. The Morgan fingerprint density at radius 2 is 2.21 bits per heavy atom. The van der Waals surface area contributed by atoms with Gasteiger partial charge in [-0.3, -0.25) is 4.90 Å². The minimum Gasteiger partial charge on any atom is -0.478 e. The lowest BCUT2D eigenvalue weighted by Crippen LogP contribution is -2.43. The van der Waals surface area contributed by atoms with Crippen molar-refractivity contribution in [2.24, 2.45) is 11.3 Å². The highest BCUT2D eigenvalue weighted by Gasteiger charge is 2.30. The number of hydrogen-bond donors (Lipinski definition) is 1. The van der Waals surface area contributed by atoms with E-state index in [0.717, 1.165) is 25.2 Å². The molecule has 1 atom stereocenters. The molecule has 1 saturated heterocycles. The van der Waals surface area contributed by atoms with Gasteiger partial charge in [-0.2, -0.15) is 0 Å². The molecule has 19 heavy (non-hydrogen) atoms. The molecule has 3 heteroatoms. The van der Waals surface area contributed by atoms with Crippen molar-refractivity contribution in [3.05, 3.63) is 35.4 Å². The maximum atomic E-state index is 11.0. The quantitative estimate of drug-likeness (QED) is 0.908. The summed E-state index contributed by atoms with van der Waals surface area (Å²) in [5.74, 6) is -0.152. The fourth-order valence-corrected chi connectivity index (χ4v) is 3.36. The van der Waals surface area contributed by atoms with Crippen LogP contribution in [0.5, 0.6) is 0 Å². The molecule has 0 amide bonds. The van der Waals surface area contributed by atoms with Crippen molar-refractivity contribution in [3.63, 3.8) is 0 Å². The molecule has 0 aromatic heterocycles. The Balaban J connectivity index is 2.08. The second kappa shape index (κ2) is 5.33. The second-order valence-electron chi connectivity index (χ2n) is 6.65. The van der Waals surface area contributed by atoms with Gasteiger partial charge in [0.15, 0.2) is 0 Å². The maximum Gasteiger partial charge on any atom is 0.335 e. The van der Waals surface area contributed by atoms with Gasteiger partial charge in [-0.15, -0.1) is 0 Å². The number of likely N-dealkylation sites (tertiary alicyclic amines) is 1. The van der Waals surface area contributed by atoms with E-state index in [4.69, 9.17) is 5.11 Å². The van der Waals surface area contributed by atoms with Crippen molar-refractivity contribution >= 4 is 5.97 Å². The Labute approximate surface area is 115 Å². The molecule has 1 N–H and O–H groups in total. The summed E-state index contributed by atoms with van der Waals surface area (Å²) in [6.45, 7) is 9.93. The third kappa shape index (κ3) is 3.80. The highest BCUT2D eigenvalue weighted by Crippen LogP contribution is 2.32. The van der Waals surface area contributed by atoms with E-state index >= 15 is 0 Å². The minimum absolute atomic E-state index is 0.349. The van der Waals surface area contributed by atoms with Crippen LogP contribution in [0.4, 0.5) is 0 Å². The number of rotatable bonds is 3. The Hall–Kier alpha value is -1.35. The number of aromatic carboxylic acids is 1. The Bertz CT molecular complexity index is 468. The van der Waals surface area contributed by atoms with Crippen LogP contribution in [0.3, 0.4) is 0 Å². The van der Waals surface area contributed by atoms with Gasteiger partial charge >= 0.3 is 5.97 Å². The van der Waals surface area contributed by atoms with E-state index in [1.807, 2.05) is 12.1 Å². The zero-order chi connectivity index (χ0) is 14.0. The van der Waals surface area contributed by atoms with Crippen molar-refractivity contribution in [3.8, 4) is 0 Å². The van der Waals surface area contributed by atoms with Crippen LogP contribution in [0.25, 0.3) is 0 Å². The zero-order valence-corrected chi connectivity index (χ0v) is 12.0. The predicted molar refractivity (Wildman–Crippen MR) is 76.2 cm³/mol. The maximum absolute atomic E-state index is 11.0. The molecule has 1 fully saturated rings. The van der Waals surface area contributed by atoms with E-state index in [2.05, 4.69) is 25.7 Å². The van der Waals surface area contributed by atoms with Crippen molar-refractivity contribution in [2.75, 3.05) is 13.1 Å². The third-order valence-corrected chi connectivity index (χ3v) is 3.70. The van der Waals surface area contributed by atoms with Crippen LogP contribution < -0.4 is 0 Å². The molecule has 0 bridgehead atoms. The number of nitrogens with zero attached hydrogens (tertiary/aromatic N) is 1. The van der Waals surface area contributed by atoms with Crippen molar-refractivity contribution in [1.29, 1.82) is 0 Å². The summed E-state index contributed by atoms with van der Waals surface area (Å²) < 4.78 is 0. The van der Waals surface area contributed by atoms with Gasteiger partial charge in [0.1, 0.15) is 0 Å². The van der Waals surface area contributed by atoms with Gasteiger partial charge in [-0.05, 0) is 35.4 Å². The molecule has 0 radical (unpaired) electrons. The van der Waals surface area contributed by atoms with Crippen molar-refractivity contribution in [2.45, 2.75) is 33.7 Å². The largest absolute Gasteiger partial charge is 0.478 e. The van der Waals surface area contributed by atoms with Crippen LogP contribution in [0.15, 0.2) is 24.3 Å². The molecular weight excluding hydrogens is 238 g/mol. The van der Waals surface area contributed by atoms with E-state index in [-0.39, 0.29) is 0 Å². The molecule has 3 nitrogen and oxygen atoms in total. The fraction of sp³-hybridized carbons (Fsp3) is 0.562. The number of hydrogen-bond acceptors (Lipinski definition) is 2. The van der Waals surface area contributed by atoms with Gasteiger partial charge in [0.2, 0.25) is 0 Å². The van der Waals surface area contributed by atoms with E-state index in [9.17, 15) is 4.79 Å². The highest BCUT2D eigenvalue weighted by atomic mass is 16.4. The van der Waals surface area contributed by atoms with E-state index in [1.165, 1.54) is 6.42 Å². The molecule has 104 valence electrons. The molecular formula is C16H23NO2. The Morgan fingerprint density at radius 1 is 1.47 bits per heavy atom. The van der Waals surface area contributed by atoms with Crippen LogP contribution >= 0.6 is 0 Å². The van der Waals surface area contributed by atoms with Gasteiger partial charge < -0.3 is 5.11 Å². The molecule has 1 unspecified atom stereocenters. The lowest BCUT2D eigenvalue weighted by Gasteiger charge is -2.41. The smallest absolute Gasteiger partial charge is 0.335 e. The van der Waals surface area contributed by atoms with Gasteiger partial charge in [0.25, 0.3) is 0 Å². The summed E-state index contributed by atoms with van der Waals surface area (Å²) in [6, 6.07) is 7.28. The molecule has 1 aliphatic heterocycles. The predicted octanol–water partition coefficient (Wildman–Crippen LogP) is 3.25. The molecule has 1 aromatic carbocycles. The average Bonchev–Trinajstić information content (AvgIpc) is 2.26. The number of carboxylic acid groups (broad SMARTS) is 1. The summed E-state index contributed by atoms with van der Waals surface area (Å²) >= 11 is 0. The molecule has 0 spiro atoms. The Morgan fingerprint density at radius 3 is 2.84 bits per heavy atom. The molecule has 0 aliphatic carbocycles. The minimum atomic E-state index is -0.853. The summed E-state index contributed by atoms with van der Waals surface area (Å²) in [6.07, 6.45) is 1.26. The molecule has 0 saturated carbocycles. The van der Waals surface area contributed by atoms with Crippen LogP contribution in [-0.2, 0) is 6.54 Å². The topological polar surface area (TPSA) is 40.5 Å². The van der Waals surface area contributed by atoms with Gasteiger partial charge in [0, 0.05) is 19.6 Å². The lowest BCUT2D eigenvalue weighted by molar-refractivity contribution is 0.0692. The first kappa shape index (κ1) is 14.1. The van der Waals surface area contributed by atoms with Crippen LogP contribution in [0.2, 0.25) is 0 Å². The normalized spacial score (nSPS) is 23.2. The van der Waals surface area contributed by atoms with Gasteiger partial charge in [0.05, 0.1) is 5.56 Å². The van der Waals surface area contributed by atoms with Gasteiger partial charge in [-0.1, -0.05) is 32.9 Å². The summed E-state index contributed by atoms with van der Waals surface area (Å²) in [5, 5.41) is 9.03. The first-order valence-electron chi connectivity index (χ1n) is 6.90. The first-order valence-corrected chi connectivity index (χ1v) is 6.90. The van der Waals surface area contributed by atoms with E-state index in [1.54, 1.807) is 12.1 Å². The SMILES string of the molecule is CC1CN(Cc2cccc(C(=O)O)c2)CC(C)(C)C1.